The molecule has 2 aromatic heterocycles. The van der Waals surface area contributed by atoms with Crippen LogP contribution in [0.3, 0.4) is 0 Å². The summed E-state index contributed by atoms with van der Waals surface area (Å²) in [5.41, 5.74) is 1.11. The van der Waals surface area contributed by atoms with Crippen LogP contribution in [0.4, 0.5) is 0 Å². The largest absolute Gasteiger partial charge is 0.352 e. The molecular formula is C20H32IN7. The van der Waals surface area contributed by atoms with Crippen molar-refractivity contribution < 1.29 is 0 Å². The van der Waals surface area contributed by atoms with E-state index in [1.807, 2.05) is 37.0 Å². The van der Waals surface area contributed by atoms with Crippen LogP contribution in [0.25, 0.3) is 5.82 Å². The first-order valence-corrected chi connectivity index (χ1v) is 9.64. The van der Waals surface area contributed by atoms with E-state index in [1.165, 1.54) is 0 Å². The van der Waals surface area contributed by atoms with E-state index >= 15 is 0 Å². The number of imidazole rings is 1. The maximum absolute atomic E-state index is 4.55. The number of likely N-dealkylation sites (tertiary alicyclic amines) is 1. The van der Waals surface area contributed by atoms with Gasteiger partial charge in [0.2, 0.25) is 0 Å². The first-order valence-electron chi connectivity index (χ1n) is 9.64. The van der Waals surface area contributed by atoms with Gasteiger partial charge in [0.15, 0.2) is 5.96 Å². The van der Waals surface area contributed by atoms with E-state index in [4.69, 9.17) is 0 Å². The summed E-state index contributed by atoms with van der Waals surface area (Å²) in [6.07, 6.45) is 5.60. The summed E-state index contributed by atoms with van der Waals surface area (Å²) >= 11 is 0. The number of aliphatic imine (C=N–C) groups is 1. The van der Waals surface area contributed by atoms with Crippen LogP contribution in [0, 0.1) is 12.8 Å². The number of hydrogen-bond donors (Lipinski definition) is 2. The standard InChI is InChI=1S/C20H31N7.HI/c1-14(2)26-12-15(3)18(13-26)25-20(21-5)24-11-17-6-7-19(23-10-17)27-9-8-22-16(27)4;/h6-10,14-15,18H,11-13H2,1-5H3,(H2,21,24,25);1H. The van der Waals surface area contributed by atoms with Crippen LogP contribution in [-0.4, -0.2) is 57.6 Å². The lowest BCUT2D eigenvalue weighted by Crippen LogP contribution is -2.46. The molecule has 2 atom stereocenters. The number of hydrogen-bond acceptors (Lipinski definition) is 4. The van der Waals surface area contributed by atoms with E-state index < -0.39 is 0 Å². The smallest absolute Gasteiger partial charge is 0.191 e. The molecule has 0 saturated carbocycles. The summed E-state index contributed by atoms with van der Waals surface area (Å²) in [5.74, 6) is 3.25. The third-order valence-corrected chi connectivity index (χ3v) is 5.26. The van der Waals surface area contributed by atoms with Gasteiger partial charge >= 0.3 is 0 Å². The number of nitrogens with one attached hydrogen (secondary N) is 2. The summed E-state index contributed by atoms with van der Waals surface area (Å²) in [5, 5.41) is 6.98. The lowest BCUT2D eigenvalue weighted by atomic mass is 10.1. The molecule has 28 heavy (non-hydrogen) atoms. The molecule has 1 aliphatic rings. The Balaban J connectivity index is 0.00000280. The normalized spacial score (nSPS) is 20.3. The Bertz CT molecular complexity index is 769. The van der Waals surface area contributed by atoms with Gasteiger partial charge in [-0.05, 0) is 38.3 Å². The van der Waals surface area contributed by atoms with Crippen molar-refractivity contribution >= 4 is 29.9 Å². The molecule has 8 heteroatoms. The predicted octanol–water partition coefficient (Wildman–Crippen LogP) is 2.59. The number of aromatic nitrogens is 3. The second kappa shape index (κ2) is 10.2. The predicted molar refractivity (Wildman–Crippen MR) is 125 cm³/mol. The van der Waals surface area contributed by atoms with E-state index in [9.17, 15) is 0 Å². The Morgan fingerprint density at radius 2 is 2.07 bits per heavy atom. The minimum Gasteiger partial charge on any atom is -0.352 e. The Hall–Kier alpha value is -1.68. The highest BCUT2D eigenvalue weighted by Crippen LogP contribution is 2.18. The zero-order valence-electron chi connectivity index (χ0n) is 17.4. The molecule has 1 saturated heterocycles. The molecule has 2 N–H and O–H groups in total. The van der Waals surface area contributed by atoms with Crippen molar-refractivity contribution in [1.82, 2.24) is 30.1 Å². The first-order chi connectivity index (χ1) is 13.0. The van der Waals surface area contributed by atoms with E-state index in [2.05, 4.69) is 57.3 Å². The van der Waals surface area contributed by atoms with Crippen molar-refractivity contribution in [3.05, 3.63) is 42.1 Å². The quantitative estimate of drug-likeness (QED) is 0.378. The van der Waals surface area contributed by atoms with Crippen molar-refractivity contribution in [1.29, 1.82) is 0 Å². The highest BCUT2D eigenvalue weighted by Gasteiger charge is 2.31. The highest BCUT2D eigenvalue weighted by molar-refractivity contribution is 14.0. The van der Waals surface area contributed by atoms with Gasteiger partial charge in [-0.3, -0.25) is 14.5 Å². The van der Waals surface area contributed by atoms with Crippen LogP contribution >= 0.6 is 24.0 Å². The molecule has 1 fully saturated rings. The number of rotatable bonds is 5. The first kappa shape index (κ1) is 22.6. The van der Waals surface area contributed by atoms with Crippen LogP contribution in [0.15, 0.2) is 35.7 Å². The minimum atomic E-state index is 0. The average molecular weight is 497 g/mol. The number of halogens is 1. The fraction of sp³-hybridized carbons (Fsp3) is 0.550. The van der Waals surface area contributed by atoms with Gasteiger partial charge in [-0.2, -0.15) is 0 Å². The fourth-order valence-electron chi connectivity index (χ4n) is 3.45. The van der Waals surface area contributed by atoms with Gasteiger partial charge in [0.05, 0.1) is 0 Å². The monoisotopic (exact) mass is 497 g/mol. The second-order valence-corrected chi connectivity index (χ2v) is 7.57. The molecule has 0 aliphatic carbocycles. The van der Waals surface area contributed by atoms with Crippen LogP contribution < -0.4 is 10.6 Å². The van der Waals surface area contributed by atoms with E-state index in [1.54, 1.807) is 6.20 Å². The van der Waals surface area contributed by atoms with Crippen LogP contribution in [-0.2, 0) is 6.54 Å². The van der Waals surface area contributed by atoms with Gasteiger partial charge in [0.1, 0.15) is 11.6 Å². The van der Waals surface area contributed by atoms with Gasteiger partial charge in [-0.15, -0.1) is 24.0 Å². The van der Waals surface area contributed by atoms with Crippen LogP contribution in [0.5, 0.6) is 0 Å². The molecule has 154 valence electrons. The van der Waals surface area contributed by atoms with E-state index in [-0.39, 0.29) is 24.0 Å². The highest BCUT2D eigenvalue weighted by atomic mass is 127. The second-order valence-electron chi connectivity index (χ2n) is 7.57. The maximum atomic E-state index is 4.55. The zero-order chi connectivity index (χ0) is 19.4. The van der Waals surface area contributed by atoms with Crippen molar-refractivity contribution in [2.75, 3.05) is 20.1 Å². The molecule has 2 unspecified atom stereocenters. The summed E-state index contributed by atoms with van der Waals surface area (Å²) in [4.78, 5) is 15.7. The number of guanidine groups is 1. The number of nitrogens with zero attached hydrogens (tertiary/aromatic N) is 5. The SMILES string of the molecule is CN=C(NCc1ccc(-n2ccnc2C)nc1)NC1CN(C(C)C)CC1C.I. The molecule has 3 rings (SSSR count). The molecule has 7 nitrogen and oxygen atoms in total. The summed E-state index contributed by atoms with van der Waals surface area (Å²) in [7, 11) is 1.82. The van der Waals surface area contributed by atoms with Gasteiger partial charge < -0.3 is 10.6 Å². The molecule has 0 radical (unpaired) electrons. The fourth-order valence-corrected chi connectivity index (χ4v) is 3.45. The summed E-state index contributed by atoms with van der Waals surface area (Å²) in [6.45, 7) is 11.6. The third-order valence-electron chi connectivity index (χ3n) is 5.26. The molecule has 3 heterocycles. The Morgan fingerprint density at radius 3 is 2.61 bits per heavy atom. The molecule has 0 aromatic carbocycles. The summed E-state index contributed by atoms with van der Waals surface area (Å²) in [6, 6.07) is 5.10. The van der Waals surface area contributed by atoms with Crippen molar-refractivity contribution in [3.63, 3.8) is 0 Å². The summed E-state index contributed by atoms with van der Waals surface area (Å²) < 4.78 is 1.97. The third kappa shape index (κ3) is 5.44. The Kier molecular flexibility index (Phi) is 8.23. The van der Waals surface area contributed by atoms with Gasteiger partial charge in [-0.1, -0.05) is 13.0 Å². The van der Waals surface area contributed by atoms with E-state index in [0.29, 0.717) is 24.5 Å². The molecule has 2 aromatic rings. The van der Waals surface area contributed by atoms with Crippen molar-refractivity contribution in [2.45, 2.75) is 46.3 Å². The van der Waals surface area contributed by atoms with Crippen LogP contribution in [0.1, 0.15) is 32.2 Å². The topological polar surface area (TPSA) is 70.4 Å². The Labute approximate surface area is 185 Å². The lowest BCUT2D eigenvalue weighted by molar-refractivity contribution is 0.265. The van der Waals surface area contributed by atoms with E-state index in [0.717, 1.165) is 36.3 Å². The number of aryl methyl sites for hydroxylation is 1. The van der Waals surface area contributed by atoms with Crippen molar-refractivity contribution in [2.24, 2.45) is 10.9 Å². The Morgan fingerprint density at radius 1 is 1.29 bits per heavy atom. The average Bonchev–Trinajstić information content (AvgIpc) is 3.25. The molecule has 0 amide bonds. The molecule has 1 aliphatic heterocycles. The van der Waals surface area contributed by atoms with Crippen molar-refractivity contribution in [3.8, 4) is 5.82 Å². The maximum Gasteiger partial charge on any atom is 0.191 e. The molecular weight excluding hydrogens is 465 g/mol. The van der Waals surface area contributed by atoms with Crippen LogP contribution in [0.2, 0.25) is 0 Å². The van der Waals surface area contributed by atoms with Gasteiger partial charge in [0, 0.05) is 57.4 Å². The minimum absolute atomic E-state index is 0. The number of pyridine rings is 1. The zero-order valence-corrected chi connectivity index (χ0v) is 19.7. The van der Waals surface area contributed by atoms with Gasteiger partial charge in [-0.25, -0.2) is 9.97 Å². The molecule has 0 spiro atoms. The molecule has 0 bridgehead atoms. The lowest BCUT2D eigenvalue weighted by Gasteiger charge is -2.22. The van der Waals surface area contributed by atoms with Gasteiger partial charge in [0.25, 0.3) is 0 Å².